The van der Waals surface area contributed by atoms with Gasteiger partial charge in [0.15, 0.2) is 0 Å². The number of nitriles is 1. The van der Waals surface area contributed by atoms with E-state index in [0.717, 1.165) is 5.56 Å². The summed E-state index contributed by atoms with van der Waals surface area (Å²) in [5.74, 6) is -0.469. The highest BCUT2D eigenvalue weighted by Crippen LogP contribution is 2.20. The van der Waals surface area contributed by atoms with Gasteiger partial charge in [-0.2, -0.15) is 5.26 Å². The molecule has 0 radical (unpaired) electrons. The highest BCUT2D eigenvalue weighted by Gasteiger charge is 2.17. The summed E-state index contributed by atoms with van der Waals surface area (Å²) >= 11 is 0. The van der Waals surface area contributed by atoms with Crippen molar-refractivity contribution in [2.45, 2.75) is 11.8 Å². The van der Waals surface area contributed by atoms with E-state index in [1.807, 2.05) is 12.1 Å². The van der Waals surface area contributed by atoms with E-state index in [2.05, 4.69) is 10.0 Å². The summed E-state index contributed by atoms with van der Waals surface area (Å²) in [4.78, 5) is 12.5. The number of benzene rings is 3. The van der Waals surface area contributed by atoms with Gasteiger partial charge in [-0.15, -0.1) is 0 Å². The van der Waals surface area contributed by atoms with Gasteiger partial charge in [-0.05, 0) is 55.0 Å². The average Bonchev–Trinajstić information content (AvgIpc) is 2.70. The zero-order valence-corrected chi connectivity index (χ0v) is 15.8. The van der Waals surface area contributed by atoms with Gasteiger partial charge in [-0.25, -0.2) is 8.42 Å². The summed E-state index contributed by atoms with van der Waals surface area (Å²) in [6.45, 7) is 1.80. The van der Waals surface area contributed by atoms with Crippen LogP contribution in [-0.4, -0.2) is 14.3 Å². The molecule has 140 valence electrons. The van der Waals surface area contributed by atoms with Gasteiger partial charge in [0, 0.05) is 11.3 Å². The van der Waals surface area contributed by atoms with Crippen LogP contribution in [0.5, 0.6) is 0 Å². The predicted molar refractivity (Wildman–Crippen MR) is 108 cm³/mol. The first-order valence-corrected chi connectivity index (χ1v) is 9.87. The fourth-order valence-corrected chi connectivity index (χ4v) is 3.74. The number of sulfonamides is 1. The quantitative estimate of drug-likeness (QED) is 0.688. The molecule has 3 rings (SSSR count). The van der Waals surface area contributed by atoms with Gasteiger partial charge in [-0.1, -0.05) is 30.3 Å². The Morgan fingerprint density at radius 1 is 0.964 bits per heavy atom. The van der Waals surface area contributed by atoms with Crippen LogP contribution in [0.15, 0.2) is 77.7 Å². The van der Waals surface area contributed by atoms with Gasteiger partial charge in [0.1, 0.15) is 0 Å². The molecular weight excluding hydrogens is 374 g/mol. The Morgan fingerprint density at radius 2 is 1.71 bits per heavy atom. The number of rotatable bonds is 5. The lowest BCUT2D eigenvalue weighted by Gasteiger charge is -2.11. The van der Waals surface area contributed by atoms with Crippen molar-refractivity contribution in [2.75, 3.05) is 10.0 Å². The Balaban J connectivity index is 1.84. The minimum absolute atomic E-state index is 0.0193. The second kappa shape index (κ2) is 7.94. The van der Waals surface area contributed by atoms with E-state index in [0.29, 0.717) is 16.9 Å². The largest absolute Gasteiger partial charge is 0.322 e. The molecule has 0 aromatic heterocycles. The average molecular weight is 391 g/mol. The maximum absolute atomic E-state index is 12.7. The first kappa shape index (κ1) is 19.1. The van der Waals surface area contributed by atoms with Gasteiger partial charge < -0.3 is 5.32 Å². The van der Waals surface area contributed by atoms with Crippen molar-refractivity contribution in [1.82, 2.24) is 0 Å². The van der Waals surface area contributed by atoms with E-state index in [4.69, 9.17) is 5.26 Å². The van der Waals surface area contributed by atoms with Gasteiger partial charge in [0.2, 0.25) is 0 Å². The number of hydrogen-bond acceptors (Lipinski definition) is 4. The third-order valence-corrected chi connectivity index (χ3v) is 5.41. The number of nitrogens with one attached hydrogen (secondary N) is 2. The van der Waals surface area contributed by atoms with Gasteiger partial charge in [0.05, 0.1) is 22.2 Å². The summed E-state index contributed by atoms with van der Waals surface area (Å²) < 4.78 is 27.9. The second-order valence-electron chi connectivity index (χ2n) is 6.09. The summed E-state index contributed by atoms with van der Waals surface area (Å²) in [6.07, 6.45) is 0. The van der Waals surface area contributed by atoms with Crippen LogP contribution < -0.4 is 10.0 Å². The van der Waals surface area contributed by atoms with E-state index in [1.54, 1.807) is 43.3 Å². The third kappa shape index (κ3) is 4.37. The zero-order chi connectivity index (χ0) is 20.1. The van der Waals surface area contributed by atoms with Crippen LogP contribution in [0.25, 0.3) is 0 Å². The molecule has 28 heavy (non-hydrogen) atoms. The molecule has 0 aliphatic carbocycles. The number of aryl methyl sites for hydroxylation is 1. The van der Waals surface area contributed by atoms with Crippen LogP contribution in [-0.2, 0) is 10.0 Å². The van der Waals surface area contributed by atoms with E-state index in [1.165, 1.54) is 30.3 Å². The molecule has 3 aromatic carbocycles. The van der Waals surface area contributed by atoms with E-state index in [9.17, 15) is 13.2 Å². The Morgan fingerprint density at radius 3 is 2.46 bits per heavy atom. The van der Waals surface area contributed by atoms with Crippen LogP contribution in [0.4, 0.5) is 11.4 Å². The molecule has 6 nitrogen and oxygen atoms in total. The minimum atomic E-state index is -3.85. The summed E-state index contributed by atoms with van der Waals surface area (Å²) in [6, 6.07) is 21.3. The molecule has 0 unspecified atom stereocenters. The highest BCUT2D eigenvalue weighted by molar-refractivity contribution is 7.92. The molecule has 0 bridgehead atoms. The summed E-state index contributed by atoms with van der Waals surface area (Å²) in [5, 5.41) is 11.6. The number of anilines is 2. The van der Waals surface area contributed by atoms with Gasteiger partial charge in [0.25, 0.3) is 15.9 Å². The van der Waals surface area contributed by atoms with E-state index < -0.39 is 15.9 Å². The maximum atomic E-state index is 12.7. The summed E-state index contributed by atoms with van der Waals surface area (Å²) in [5.41, 5.74) is 2.32. The molecule has 0 saturated heterocycles. The molecule has 0 aliphatic rings. The Labute approximate surface area is 163 Å². The number of hydrogen-bond donors (Lipinski definition) is 2. The molecule has 0 saturated carbocycles. The second-order valence-corrected chi connectivity index (χ2v) is 7.78. The van der Waals surface area contributed by atoms with E-state index >= 15 is 0 Å². The monoisotopic (exact) mass is 391 g/mol. The highest BCUT2D eigenvalue weighted by atomic mass is 32.2. The van der Waals surface area contributed by atoms with Crippen molar-refractivity contribution in [3.05, 3.63) is 89.5 Å². The molecule has 0 spiro atoms. The van der Waals surface area contributed by atoms with Gasteiger partial charge in [-0.3, -0.25) is 9.52 Å². The van der Waals surface area contributed by atoms with Crippen LogP contribution >= 0.6 is 0 Å². The van der Waals surface area contributed by atoms with Crippen molar-refractivity contribution in [1.29, 1.82) is 5.26 Å². The lowest BCUT2D eigenvalue weighted by atomic mass is 10.2. The molecule has 7 heteroatoms. The van der Waals surface area contributed by atoms with Crippen molar-refractivity contribution >= 4 is 27.3 Å². The standard InChI is InChI=1S/C21H17N3O3S/c1-15-6-2-3-11-20(15)24-28(26,27)19-10-5-8-17(13-19)21(25)23-18-9-4-7-16(12-18)14-22/h2-13,24H,1H3,(H,23,25). The molecular formula is C21H17N3O3S. The van der Waals surface area contributed by atoms with Crippen molar-refractivity contribution in [2.24, 2.45) is 0 Å². The molecule has 0 fully saturated rings. The number of carbonyl (C=O) groups is 1. The fourth-order valence-electron chi connectivity index (χ4n) is 2.57. The van der Waals surface area contributed by atoms with Crippen LogP contribution in [0.2, 0.25) is 0 Å². The molecule has 0 heterocycles. The molecule has 3 aromatic rings. The van der Waals surface area contributed by atoms with Crippen molar-refractivity contribution in [3.8, 4) is 6.07 Å². The normalized spacial score (nSPS) is 10.7. The number of carbonyl (C=O) groups excluding carboxylic acids is 1. The third-order valence-electron chi connectivity index (χ3n) is 4.05. The molecule has 2 N–H and O–H groups in total. The fraction of sp³-hybridized carbons (Fsp3) is 0.0476. The Hall–Kier alpha value is -3.63. The Kier molecular flexibility index (Phi) is 5.43. The summed E-state index contributed by atoms with van der Waals surface area (Å²) in [7, 11) is -3.85. The van der Waals surface area contributed by atoms with E-state index in [-0.39, 0.29) is 10.5 Å². The smallest absolute Gasteiger partial charge is 0.261 e. The molecule has 1 amide bonds. The van der Waals surface area contributed by atoms with Gasteiger partial charge >= 0.3 is 0 Å². The van der Waals surface area contributed by atoms with Crippen molar-refractivity contribution in [3.63, 3.8) is 0 Å². The van der Waals surface area contributed by atoms with Crippen LogP contribution in [0, 0.1) is 18.3 Å². The van der Waals surface area contributed by atoms with Crippen LogP contribution in [0.3, 0.4) is 0 Å². The topological polar surface area (TPSA) is 99.1 Å². The molecule has 0 atom stereocenters. The number of amides is 1. The van der Waals surface area contributed by atoms with Crippen molar-refractivity contribution < 1.29 is 13.2 Å². The van der Waals surface area contributed by atoms with Crippen LogP contribution in [0.1, 0.15) is 21.5 Å². The minimum Gasteiger partial charge on any atom is -0.322 e. The SMILES string of the molecule is Cc1ccccc1NS(=O)(=O)c1cccc(C(=O)Nc2cccc(C#N)c2)c1. The predicted octanol–water partition coefficient (Wildman–Crippen LogP) is 3.92. The lowest BCUT2D eigenvalue weighted by Crippen LogP contribution is -2.16. The number of para-hydroxylation sites is 1. The first-order valence-electron chi connectivity index (χ1n) is 8.39. The Bertz CT molecular complexity index is 1180. The number of nitrogens with zero attached hydrogens (tertiary/aromatic N) is 1. The zero-order valence-electron chi connectivity index (χ0n) is 15.0. The first-order chi connectivity index (χ1) is 13.4. The maximum Gasteiger partial charge on any atom is 0.261 e. The lowest BCUT2D eigenvalue weighted by molar-refractivity contribution is 0.102. The molecule has 0 aliphatic heterocycles.